The van der Waals surface area contributed by atoms with Crippen LogP contribution in [0, 0.1) is 11.3 Å². The number of likely N-dealkylation sites (tertiary alicyclic amines) is 1. The highest BCUT2D eigenvalue weighted by Gasteiger charge is 2.46. The lowest BCUT2D eigenvalue weighted by Gasteiger charge is -2.49. The molecule has 1 saturated heterocycles. The second-order valence-corrected chi connectivity index (χ2v) is 7.11. The van der Waals surface area contributed by atoms with E-state index in [2.05, 4.69) is 36.6 Å². The Labute approximate surface area is 126 Å². The predicted octanol–water partition coefficient (Wildman–Crippen LogP) is 1.60. The maximum absolute atomic E-state index is 5.11. The van der Waals surface area contributed by atoms with Crippen LogP contribution < -0.4 is 11.5 Å². The van der Waals surface area contributed by atoms with Crippen LogP contribution in [0.15, 0.2) is 0 Å². The molecule has 0 aromatic carbocycles. The molecule has 2 fully saturated rings. The van der Waals surface area contributed by atoms with Gasteiger partial charge in [0.05, 0.1) is 0 Å². The molecule has 0 aromatic heterocycles. The molecule has 0 aromatic rings. The van der Waals surface area contributed by atoms with E-state index in [9.17, 15) is 0 Å². The first-order chi connectivity index (χ1) is 9.33. The van der Waals surface area contributed by atoms with Gasteiger partial charge in [-0.15, -0.1) is 0 Å². The van der Waals surface area contributed by atoms with Crippen molar-refractivity contribution in [1.29, 1.82) is 0 Å². The number of nitrogens with two attached hydrogens (primary N) is 2. The molecule has 0 radical (unpaired) electrons. The molecule has 0 bridgehead atoms. The quantitative estimate of drug-likeness (QED) is 0.827. The Hall–Kier alpha value is -0.160. The molecule has 2 rings (SSSR count). The minimum Gasteiger partial charge on any atom is -0.333 e. The molecular weight excluding hydrogens is 248 g/mol. The lowest BCUT2D eigenvalue weighted by Crippen LogP contribution is -2.56. The highest BCUT2D eigenvalue weighted by Crippen LogP contribution is 2.47. The van der Waals surface area contributed by atoms with Crippen molar-refractivity contribution < 1.29 is 0 Å². The van der Waals surface area contributed by atoms with Gasteiger partial charge in [0.25, 0.3) is 0 Å². The van der Waals surface area contributed by atoms with E-state index >= 15 is 0 Å². The summed E-state index contributed by atoms with van der Waals surface area (Å²) in [4.78, 5) is 4.90. The van der Waals surface area contributed by atoms with Crippen LogP contribution in [0.3, 0.4) is 0 Å². The maximum atomic E-state index is 5.11. The van der Waals surface area contributed by atoms with Gasteiger partial charge in [0.15, 0.2) is 0 Å². The Morgan fingerprint density at radius 2 is 1.75 bits per heavy atom. The molecule has 1 saturated carbocycles. The standard InChI is InChI=1S/C12H24N2.C3H9N.CH5N/c1-11-4-5-12(8-11)9-14(10-12)7-6-13(2)3;1-3(2)4;1-2/h11H,4-10H2,1-3H3;3H,4H2,1-2H3;2H2,1H3. The first-order valence-corrected chi connectivity index (χ1v) is 8.03. The van der Waals surface area contributed by atoms with E-state index in [1.54, 1.807) is 0 Å². The fourth-order valence-corrected chi connectivity index (χ4v) is 3.19. The van der Waals surface area contributed by atoms with Crippen LogP contribution in [-0.4, -0.2) is 63.2 Å². The zero-order valence-corrected chi connectivity index (χ0v) is 14.7. The van der Waals surface area contributed by atoms with Gasteiger partial charge < -0.3 is 21.3 Å². The lowest BCUT2D eigenvalue weighted by atomic mass is 9.77. The fourth-order valence-electron chi connectivity index (χ4n) is 3.19. The summed E-state index contributed by atoms with van der Waals surface area (Å²) in [6.45, 7) is 11.5. The predicted molar refractivity (Wildman–Crippen MR) is 89.9 cm³/mol. The van der Waals surface area contributed by atoms with E-state index in [1.807, 2.05) is 13.8 Å². The molecule has 4 heteroatoms. The van der Waals surface area contributed by atoms with Crippen molar-refractivity contribution in [3.05, 3.63) is 0 Å². The summed E-state index contributed by atoms with van der Waals surface area (Å²) in [5, 5.41) is 0. The molecule has 1 heterocycles. The molecule has 1 atom stereocenters. The minimum atomic E-state index is 0.333. The molecule has 1 aliphatic heterocycles. The zero-order valence-electron chi connectivity index (χ0n) is 14.7. The summed E-state index contributed by atoms with van der Waals surface area (Å²) < 4.78 is 0. The van der Waals surface area contributed by atoms with E-state index in [0.29, 0.717) is 6.04 Å². The minimum absolute atomic E-state index is 0.333. The van der Waals surface area contributed by atoms with Crippen molar-refractivity contribution in [2.24, 2.45) is 22.8 Å². The largest absolute Gasteiger partial charge is 0.333 e. The van der Waals surface area contributed by atoms with Gasteiger partial charge in [-0.1, -0.05) is 27.2 Å². The van der Waals surface area contributed by atoms with Crippen LogP contribution in [0.2, 0.25) is 0 Å². The maximum Gasteiger partial charge on any atom is 0.0110 e. The Kier molecular flexibility index (Phi) is 9.64. The first-order valence-electron chi connectivity index (χ1n) is 8.03. The van der Waals surface area contributed by atoms with Crippen molar-refractivity contribution in [3.63, 3.8) is 0 Å². The normalized spacial score (nSPS) is 24.0. The van der Waals surface area contributed by atoms with E-state index in [4.69, 9.17) is 5.73 Å². The Bertz CT molecular complexity index is 232. The number of nitrogens with zero attached hydrogens (tertiary/aromatic N) is 2. The summed E-state index contributed by atoms with van der Waals surface area (Å²) in [5.74, 6) is 0.992. The third kappa shape index (κ3) is 7.58. The molecule has 0 amide bonds. The molecule has 20 heavy (non-hydrogen) atoms. The molecule has 2 aliphatic rings. The molecule has 1 spiro atoms. The molecule has 1 aliphatic carbocycles. The lowest BCUT2D eigenvalue weighted by molar-refractivity contribution is 0.000227. The average Bonchev–Trinajstić information content (AvgIpc) is 2.69. The van der Waals surface area contributed by atoms with Gasteiger partial charge in [0.1, 0.15) is 0 Å². The molecule has 4 N–H and O–H groups in total. The molecule has 4 nitrogen and oxygen atoms in total. The Morgan fingerprint density at radius 3 is 2.10 bits per heavy atom. The summed E-state index contributed by atoms with van der Waals surface area (Å²) in [5.41, 5.74) is 10.4. The SMILES string of the molecule is CC(C)N.CC1CCC2(C1)CN(CCN(C)C)C2.CN. The molecule has 1 unspecified atom stereocenters. The van der Waals surface area contributed by atoms with Gasteiger partial charge in [-0.05, 0) is 51.4 Å². The topological polar surface area (TPSA) is 58.5 Å². The van der Waals surface area contributed by atoms with Crippen molar-refractivity contribution in [1.82, 2.24) is 9.80 Å². The summed E-state index contributed by atoms with van der Waals surface area (Å²) in [6.07, 6.45) is 4.46. The van der Waals surface area contributed by atoms with Crippen molar-refractivity contribution in [3.8, 4) is 0 Å². The van der Waals surface area contributed by atoms with Gasteiger partial charge in [0, 0.05) is 26.2 Å². The number of likely N-dealkylation sites (N-methyl/N-ethyl adjacent to an activating group) is 1. The van der Waals surface area contributed by atoms with Crippen LogP contribution in [0.4, 0.5) is 0 Å². The van der Waals surface area contributed by atoms with Crippen LogP contribution in [0.5, 0.6) is 0 Å². The number of hydrogen-bond acceptors (Lipinski definition) is 4. The van der Waals surface area contributed by atoms with E-state index < -0.39 is 0 Å². The van der Waals surface area contributed by atoms with Crippen LogP contribution in [0.1, 0.15) is 40.0 Å². The summed E-state index contributed by atoms with van der Waals surface area (Å²) >= 11 is 0. The van der Waals surface area contributed by atoms with Gasteiger partial charge in [-0.2, -0.15) is 0 Å². The van der Waals surface area contributed by atoms with Crippen molar-refractivity contribution >= 4 is 0 Å². The third-order valence-corrected chi connectivity index (χ3v) is 3.93. The Balaban J connectivity index is 0.000000521. The van der Waals surface area contributed by atoms with E-state index in [0.717, 1.165) is 11.3 Å². The second kappa shape index (κ2) is 9.72. The van der Waals surface area contributed by atoms with Crippen molar-refractivity contribution in [2.75, 3.05) is 47.3 Å². The van der Waals surface area contributed by atoms with Gasteiger partial charge >= 0.3 is 0 Å². The van der Waals surface area contributed by atoms with E-state index in [1.165, 1.54) is 52.5 Å². The van der Waals surface area contributed by atoms with Crippen LogP contribution in [0.25, 0.3) is 0 Å². The average molecular weight is 287 g/mol. The van der Waals surface area contributed by atoms with Gasteiger partial charge in [-0.25, -0.2) is 0 Å². The highest BCUT2D eigenvalue weighted by molar-refractivity contribution is 4.99. The van der Waals surface area contributed by atoms with Crippen LogP contribution >= 0.6 is 0 Å². The molecular formula is C16H38N4. The summed E-state index contributed by atoms with van der Waals surface area (Å²) in [6, 6.07) is 0.333. The monoisotopic (exact) mass is 286 g/mol. The zero-order chi connectivity index (χ0) is 15.8. The first kappa shape index (κ1) is 19.8. The highest BCUT2D eigenvalue weighted by atomic mass is 15.2. The van der Waals surface area contributed by atoms with E-state index in [-0.39, 0.29) is 0 Å². The number of hydrogen-bond donors (Lipinski definition) is 2. The second-order valence-electron chi connectivity index (χ2n) is 7.11. The van der Waals surface area contributed by atoms with Gasteiger partial charge in [0.2, 0.25) is 0 Å². The third-order valence-electron chi connectivity index (χ3n) is 3.93. The Morgan fingerprint density at radius 1 is 1.25 bits per heavy atom. The fraction of sp³-hybridized carbons (Fsp3) is 1.00. The number of rotatable bonds is 3. The van der Waals surface area contributed by atoms with Crippen molar-refractivity contribution in [2.45, 2.75) is 46.1 Å². The summed E-state index contributed by atoms with van der Waals surface area (Å²) in [7, 11) is 5.82. The van der Waals surface area contributed by atoms with Gasteiger partial charge in [-0.3, -0.25) is 0 Å². The smallest absolute Gasteiger partial charge is 0.0110 e. The van der Waals surface area contributed by atoms with Crippen LogP contribution in [-0.2, 0) is 0 Å². The molecule has 122 valence electrons.